The van der Waals surface area contributed by atoms with E-state index in [2.05, 4.69) is 54.3 Å². The van der Waals surface area contributed by atoms with Crippen LogP contribution in [-0.2, 0) is 6.54 Å². The maximum absolute atomic E-state index is 13.4. The van der Waals surface area contributed by atoms with Crippen molar-refractivity contribution in [2.45, 2.75) is 25.8 Å². The van der Waals surface area contributed by atoms with Gasteiger partial charge >= 0.3 is 0 Å². The van der Waals surface area contributed by atoms with E-state index >= 15 is 0 Å². The highest BCUT2D eigenvalue weighted by atomic mass is 16.6. The molecule has 0 aliphatic carbocycles. The summed E-state index contributed by atoms with van der Waals surface area (Å²) >= 11 is 0. The maximum Gasteiger partial charge on any atom is 0.292 e. The molecule has 1 aliphatic rings. The first-order chi connectivity index (χ1) is 18.2. The molecule has 3 N–H and O–H groups in total. The lowest BCUT2D eigenvalue weighted by molar-refractivity contribution is 0.0944. The summed E-state index contributed by atoms with van der Waals surface area (Å²) in [5, 5.41) is 24.4. The second-order valence-corrected chi connectivity index (χ2v) is 9.04. The van der Waals surface area contributed by atoms with Crippen molar-refractivity contribution < 1.29 is 9.42 Å². The summed E-state index contributed by atoms with van der Waals surface area (Å²) in [5.41, 5.74) is 10.2. The van der Waals surface area contributed by atoms with Gasteiger partial charge in [0.15, 0.2) is 5.69 Å². The molecule has 186 valence electrons. The van der Waals surface area contributed by atoms with E-state index in [4.69, 9.17) is 10.4 Å². The maximum atomic E-state index is 13.4. The van der Waals surface area contributed by atoms with Crippen molar-refractivity contribution >= 4 is 39.5 Å². The van der Waals surface area contributed by atoms with Crippen molar-refractivity contribution in [1.29, 1.82) is 0 Å². The molecule has 0 unspecified atom stereocenters. The van der Waals surface area contributed by atoms with Crippen LogP contribution < -0.4 is 11.2 Å². The van der Waals surface area contributed by atoms with Gasteiger partial charge in [0.1, 0.15) is 5.69 Å². The van der Waals surface area contributed by atoms with Crippen LogP contribution in [0.1, 0.15) is 41.0 Å². The van der Waals surface area contributed by atoms with E-state index in [0.29, 0.717) is 12.2 Å². The van der Waals surface area contributed by atoms with E-state index in [-0.39, 0.29) is 17.3 Å². The first-order valence-corrected chi connectivity index (χ1v) is 12.2. The Balaban J connectivity index is 1.34. The predicted molar refractivity (Wildman–Crippen MR) is 139 cm³/mol. The molecule has 0 radical (unpaired) electrons. The number of hydrogen-bond donors (Lipinski definition) is 2. The largest absolute Gasteiger partial charge is 0.378 e. The number of hydrazone groups is 1. The van der Waals surface area contributed by atoms with Crippen LogP contribution in [-0.4, -0.2) is 55.4 Å². The van der Waals surface area contributed by atoms with Crippen LogP contribution in [0.4, 0.5) is 5.82 Å². The Kier molecular flexibility index (Phi) is 6.03. The summed E-state index contributed by atoms with van der Waals surface area (Å²) in [6.07, 6.45) is 5.10. The second kappa shape index (κ2) is 9.78. The Bertz CT molecular complexity index is 1560. The van der Waals surface area contributed by atoms with Gasteiger partial charge in [0.2, 0.25) is 11.6 Å². The quantitative estimate of drug-likeness (QED) is 0.208. The highest BCUT2D eigenvalue weighted by Gasteiger charge is 2.26. The molecular formula is C26H25N9O2. The van der Waals surface area contributed by atoms with Gasteiger partial charge in [0, 0.05) is 12.1 Å². The van der Waals surface area contributed by atoms with E-state index in [1.54, 1.807) is 6.21 Å². The number of piperidine rings is 1. The number of aromatic nitrogens is 5. The molecule has 2 aromatic heterocycles. The number of carbonyl (C=O) groups is 1. The summed E-state index contributed by atoms with van der Waals surface area (Å²) in [5.74, 6) is -0.374. The molecule has 5 aromatic rings. The topological polar surface area (TPSA) is 140 Å². The Morgan fingerprint density at radius 1 is 1.03 bits per heavy atom. The van der Waals surface area contributed by atoms with Crippen molar-refractivity contribution in [1.82, 2.24) is 35.6 Å². The van der Waals surface area contributed by atoms with Gasteiger partial charge in [-0.05, 0) is 63.9 Å². The minimum absolute atomic E-state index is 0.00852. The number of fused-ring (bicyclic) bond motifs is 2. The number of likely N-dealkylation sites (tertiary alicyclic amines) is 1. The molecule has 3 aromatic carbocycles. The van der Waals surface area contributed by atoms with Gasteiger partial charge in [0.25, 0.3) is 5.91 Å². The molecule has 1 saturated heterocycles. The lowest BCUT2D eigenvalue weighted by Gasteiger charge is -2.25. The number of nitrogens with two attached hydrogens (primary N) is 1. The fourth-order valence-electron chi connectivity index (χ4n) is 4.86. The Labute approximate surface area is 211 Å². The van der Waals surface area contributed by atoms with Gasteiger partial charge < -0.3 is 5.73 Å². The lowest BCUT2D eigenvalue weighted by Crippen LogP contribution is -2.31. The standard InChI is InChI=1S/C26H25N9O2/c27-24-25(32-37-31-24)35-23(22(29-33-35)16-34-12-6-1-7-13-34)26(36)30-28-15-21-19-10-4-2-8-17(19)14-18-9-3-5-11-20(18)21/h2-5,8-11,14-15H,1,6-7,12-13,16H2,(H2,27,31)(H,30,36)/b28-15+. The second-order valence-electron chi connectivity index (χ2n) is 9.04. The summed E-state index contributed by atoms with van der Waals surface area (Å²) in [4.78, 5) is 15.7. The van der Waals surface area contributed by atoms with Crippen molar-refractivity contribution in [2.24, 2.45) is 5.10 Å². The molecule has 0 spiro atoms. The predicted octanol–water partition coefficient (Wildman–Crippen LogP) is 3.29. The molecule has 3 heterocycles. The molecule has 37 heavy (non-hydrogen) atoms. The molecule has 6 rings (SSSR count). The number of nitrogens with zero attached hydrogens (tertiary/aromatic N) is 7. The number of nitrogen functional groups attached to an aromatic ring is 1. The van der Waals surface area contributed by atoms with Gasteiger partial charge in [-0.15, -0.1) is 5.10 Å². The fourth-order valence-corrected chi connectivity index (χ4v) is 4.86. The average Bonchev–Trinajstić information content (AvgIpc) is 3.54. The highest BCUT2D eigenvalue weighted by molar-refractivity contribution is 6.13. The zero-order valence-electron chi connectivity index (χ0n) is 20.0. The van der Waals surface area contributed by atoms with E-state index < -0.39 is 5.91 Å². The summed E-state index contributed by atoms with van der Waals surface area (Å²) < 4.78 is 5.98. The molecule has 11 heteroatoms. The van der Waals surface area contributed by atoms with E-state index in [1.807, 2.05) is 36.4 Å². The highest BCUT2D eigenvalue weighted by Crippen LogP contribution is 2.27. The molecule has 1 aliphatic heterocycles. The molecule has 0 bridgehead atoms. The molecule has 0 saturated carbocycles. The molecular weight excluding hydrogens is 470 g/mol. The summed E-state index contributed by atoms with van der Waals surface area (Å²) in [7, 11) is 0. The number of hydrogen-bond acceptors (Lipinski definition) is 9. The van der Waals surface area contributed by atoms with Crippen LogP contribution in [0, 0.1) is 0 Å². The van der Waals surface area contributed by atoms with Gasteiger partial charge in [-0.25, -0.2) is 10.1 Å². The first-order valence-electron chi connectivity index (χ1n) is 12.2. The number of nitrogens with one attached hydrogen (secondary N) is 1. The summed E-state index contributed by atoms with van der Waals surface area (Å²) in [6, 6.07) is 18.3. The molecule has 11 nitrogen and oxygen atoms in total. The monoisotopic (exact) mass is 495 g/mol. The van der Waals surface area contributed by atoms with Gasteiger partial charge in [-0.2, -0.15) is 9.78 Å². The minimum Gasteiger partial charge on any atom is -0.378 e. The SMILES string of the molecule is Nc1nonc1-n1nnc(CN2CCCCC2)c1C(=O)N/N=C/c1c2ccccc2cc2ccccc12. The van der Waals surface area contributed by atoms with Gasteiger partial charge in [-0.1, -0.05) is 60.2 Å². The number of benzene rings is 3. The third kappa shape index (κ3) is 4.40. The zero-order valence-corrected chi connectivity index (χ0v) is 20.0. The third-order valence-electron chi connectivity index (χ3n) is 6.65. The van der Waals surface area contributed by atoms with E-state index in [1.165, 1.54) is 11.1 Å². The smallest absolute Gasteiger partial charge is 0.292 e. The van der Waals surface area contributed by atoms with Crippen LogP contribution in [0.2, 0.25) is 0 Å². The lowest BCUT2D eigenvalue weighted by atomic mass is 9.97. The Morgan fingerprint density at radius 3 is 2.41 bits per heavy atom. The van der Waals surface area contributed by atoms with Crippen LogP contribution in [0.3, 0.4) is 0 Å². The third-order valence-corrected chi connectivity index (χ3v) is 6.65. The van der Waals surface area contributed by atoms with Crippen LogP contribution in [0.15, 0.2) is 64.3 Å². The Morgan fingerprint density at radius 2 is 1.73 bits per heavy atom. The zero-order chi connectivity index (χ0) is 25.2. The summed E-state index contributed by atoms with van der Waals surface area (Å²) in [6.45, 7) is 2.35. The molecule has 1 fully saturated rings. The van der Waals surface area contributed by atoms with Gasteiger partial charge in [0.05, 0.1) is 6.21 Å². The van der Waals surface area contributed by atoms with Crippen molar-refractivity contribution in [3.05, 3.63) is 71.5 Å². The van der Waals surface area contributed by atoms with Crippen molar-refractivity contribution in [3.8, 4) is 5.82 Å². The number of anilines is 1. The first kappa shape index (κ1) is 22.8. The van der Waals surface area contributed by atoms with Crippen LogP contribution >= 0.6 is 0 Å². The number of carbonyl (C=O) groups excluding carboxylic acids is 1. The van der Waals surface area contributed by atoms with Crippen LogP contribution in [0.25, 0.3) is 27.4 Å². The normalized spacial score (nSPS) is 14.6. The number of amides is 1. The minimum atomic E-state index is -0.486. The fraction of sp³-hybridized carbons (Fsp3) is 0.231. The van der Waals surface area contributed by atoms with Crippen LogP contribution in [0.5, 0.6) is 0 Å². The molecule has 0 atom stereocenters. The Hall–Kier alpha value is -4.64. The molecule has 1 amide bonds. The van der Waals surface area contributed by atoms with Crippen molar-refractivity contribution in [3.63, 3.8) is 0 Å². The van der Waals surface area contributed by atoms with Gasteiger partial charge in [-0.3, -0.25) is 9.69 Å². The number of rotatable bonds is 6. The van der Waals surface area contributed by atoms with E-state index in [0.717, 1.165) is 53.0 Å². The van der Waals surface area contributed by atoms with E-state index in [9.17, 15) is 4.79 Å². The average molecular weight is 496 g/mol. The van der Waals surface area contributed by atoms with Crippen molar-refractivity contribution in [2.75, 3.05) is 18.8 Å².